The third-order valence-corrected chi connectivity index (χ3v) is 5.69. The average Bonchev–Trinajstić information content (AvgIpc) is 2.78. The molecule has 0 bridgehead atoms. The van der Waals surface area contributed by atoms with Crippen molar-refractivity contribution in [3.8, 4) is 5.75 Å². The van der Waals surface area contributed by atoms with Gasteiger partial charge >= 0.3 is 0 Å². The number of hydrogen-bond acceptors (Lipinski definition) is 6. The van der Waals surface area contributed by atoms with E-state index in [4.69, 9.17) is 9.72 Å². The molecule has 7 heteroatoms. The van der Waals surface area contributed by atoms with Crippen molar-refractivity contribution >= 4 is 29.0 Å². The van der Waals surface area contributed by atoms with E-state index >= 15 is 0 Å². The molecule has 1 aliphatic rings. The minimum absolute atomic E-state index is 0.250. The number of aromatic nitrogens is 2. The Morgan fingerprint density at radius 2 is 1.87 bits per heavy atom. The molecule has 0 saturated carbocycles. The van der Waals surface area contributed by atoms with E-state index in [0.29, 0.717) is 29.1 Å². The molecule has 2 N–H and O–H groups in total. The summed E-state index contributed by atoms with van der Waals surface area (Å²) in [5.41, 5.74) is 2.10. The molecule has 0 spiro atoms. The van der Waals surface area contributed by atoms with Crippen LogP contribution in [0.2, 0.25) is 0 Å². The van der Waals surface area contributed by atoms with Crippen LogP contribution in [0.5, 0.6) is 5.75 Å². The second kappa shape index (κ2) is 9.20. The van der Waals surface area contributed by atoms with Gasteiger partial charge in [0.05, 0.1) is 7.11 Å². The maximum absolute atomic E-state index is 14.0. The molecule has 1 aliphatic heterocycles. The van der Waals surface area contributed by atoms with E-state index in [9.17, 15) is 4.39 Å². The molecule has 0 aliphatic carbocycles. The molecule has 1 aromatic heterocycles. The van der Waals surface area contributed by atoms with E-state index in [1.54, 1.807) is 20.1 Å². The van der Waals surface area contributed by atoms with Gasteiger partial charge in [-0.3, -0.25) is 0 Å². The average molecular weight is 422 g/mol. The van der Waals surface area contributed by atoms with Crippen LogP contribution in [0.25, 0.3) is 0 Å². The second-order valence-corrected chi connectivity index (χ2v) is 7.86. The summed E-state index contributed by atoms with van der Waals surface area (Å²) in [5.74, 6) is 2.49. The number of hydrogen-bond donors (Lipinski definition) is 2. The fourth-order valence-electron chi connectivity index (χ4n) is 3.82. The van der Waals surface area contributed by atoms with E-state index in [1.165, 1.54) is 12.5 Å². The van der Waals surface area contributed by atoms with E-state index in [-0.39, 0.29) is 5.82 Å². The van der Waals surface area contributed by atoms with Gasteiger partial charge in [0.1, 0.15) is 23.2 Å². The lowest BCUT2D eigenvalue weighted by Crippen LogP contribution is -2.38. The van der Waals surface area contributed by atoms with Gasteiger partial charge in [-0.1, -0.05) is 6.07 Å². The summed E-state index contributed by atoms with van der Waals surface area (Å²) in [6, 6.07) is 14.9. The molecule has 1 fully saturated rings. The van der Waals surface area contributed by atoms with Crippen LogP contribution in [0, 0.1) is 12.7 Å². The number of piperidine rings is 1. The number of anilines is 5. The molecule has 6 nitrogen and oxygen atoms in total. The predicted octanol–water partition coefficient (Wildman–Crippen LogP) is 5.80. The fraction of sp³-hybridized carbons (Fsp3) is 0.333. The van der Waals surface area contributed by atoms with Gasteiger partial charge in [-0.05, 0) is 69.5 Å². The van der Waals surface area contributed by atoms with Gasteiger partial charge in [0.2, 0.25) is 5.95 Å². The lowest BCUT2D eigenvalue weighted by Gasteiger charge is -2.34. The van der Waals surface area contributed by atoms with Crippen molar-refractivity contribution in [3.63, 3.8) is 0 Å². The summed E-state index contributed by atoms with van der Waals surface area (Å²) >= 11 is 0. The zero-order chi connectivity index (χ0) is 21.8. The van der Waals surface area contributed by atoms with Crippen molar-refractivity contribution in [2.75, 3.05) is 29.2 Å². The zero-order valence-electron chi connectivity index (χ0n) is 18.2. The number of methoxy groups -OCH3 is 1. The fourth-order valence-corrected chi connectivity index (χ4v) is 3.82. The van der Waals surface area contributed by atoms with Crippen LogP contribution in [0.15, 0.2) is 48.5 Å². The van der Waals surface area contributed by atoms with Gasteiger partial charge < -0.3 is 20.3 Å². The predicted molar refractivity (Wildman–Crippen MR) is 123 cm³/mol. The lowest BCUT2D eigenvalue weighted by molar-refractivity contribution is 0.415. The standard InChI is InChI=1S/C24H28FN5O/c1-16-7-4-5-14-30(16)23-15-22(27-21-9-6-8-20(25)17(21)2)28-24(29-23)26-18-10-12-19(31-3)13-11-18/h6,8-13,15-16H,4-5,7,14H2,1-3H3,(H2,26,27,28,29). The van der Waals surface area contributed by atoms with E-state index < -0.39 is 0 Å². The largest absolute Gasteiger partial charge is 0.497 e. The van der Waals surface area contributed by atoms with Gasteiger partial charge in [-0.15, -0.1) is 0 Å². The summed E-state index contributed by atoms with van der Waals surface area (Å²) in [7, 11) is 1.64. The van der Waals surface area contributed by atoms with E-state index in [2.05, 4.69) is 27.4 Å². The van der Waals surface area contributed by atoms with Crippen molar-refractivity contribution in [1.29, 1.82) is 0 Å². The number of halogens is 1. The number of rotatable bonds is 6. The van der Waals surface area contributed by atoms with Crippen molar-refractivity contribution in [3.05, 3.63) is 59.9 Å². The topological polar surface area (TPSA) is 62.3 Å². The molecule has 31 heavy (non-hydrogen) atoms. The number of ether oxygens (including phenoxy) is 1. The molecule has 3 aromatic rings. The zero-order valence-corrected chi connectivity index (χ0v) is 18.2. The maximum Gasteiger partial charge on any atom is 0.231 e. The molecule has 2 aromatic carbocycles. The summed E-state index contributed by atoms with van der Waals surface area (Å²) < 4.78 is 19.3. The quantitative estimate of drug-likeness (QED) is 0.525. The molecule has 1 atom stereocenters. The molecule has 1 saturated heterocycles. The maximum atomic E-state index is 14.0. The summed E-state index contributed by atoms with van der Waals surface area (Å²) in [6.45, 7) is 4.93. The van der Waals surface area contributed by atoms with Crippen LogP contribution < -0.4 is 20.3 Å². The van der Waals surface area contributed by atoms with Crippen LogP contribution in [0.1, 0.15) is 31.7 Å². The van der Waals surface area contributed by atoms with E-state index in [1.807, 2.05) is 36.4 Å². The third kappa shape index (κ3) is 4.87. The summed E-state index contributed by atoms with van der Waals surface area (Å²) in [5, 5.41) is 6.56. The Balaban J connectivity index is 1.68. The molecule has 4 rings (SSSR count). The molecular formula is C24H28FN5O. The Kier molecular flexibility index (Phi) is 6.21. The Bertz CT molecular complexity index is 1040. The van der Waals surface area contributed by atoms with Crippen molar-refractivity contribution in [2.45, 2.75) is 39.2 Å². The van der Waals surface area contributed by atoms with Gasteiger partial charge in [0, 0.05) is 35.6 Å². The van der Waals surface area contributed by atoms with Crippen LogP contribution in [0.4, 0.5) is 33.3 Å². The minimum atomic E-state index is -0.250. The molecular weight excluding hydrogens is 393 g/mol. The van der Waals surface area contributed by atoms with Gasteiger partial charge in [-0.25, -0.2) is 4.39 Å². The molecule has 162 valence electrons. The van der Waals surface area contributed by atoms with Gasteiger partial charge in [0.25, 0.3) is 0 Å². The first-order valence-electron chi connectivity index (χ1n) is 10.6. The highest BCUT2D eigenvalue weighted by molar-refractivity contribution is 5.66. The van der Waals surface area contributed by atoms with Gasteiger partial charge in [-0.2, -0.15) is 9.97 Å². The first kappa shape index (κ1) is 20.9. The van der Waals surface area contributed by atoms with E-state index in [0.717, 1.165) is 36.6 Å². The second-order valence-electron chi connectivity index (χ2n) is 7.86. The number of nitrogens with zero attached hydrogens (tertiary/aromatic N) is 3. The monoisotopic (exact) mass is 421 g/mol. The normalized spacial score (nSPS) is 16.1. The van der Waals surface area contributed by atoms with Crippen molar-refractivity contribution < 1.29 is 9.13 Å². The molecule has 0 radical (unpaired) electrons. The SMILES string of the molecule is COc1ccc(Nc2nc(Nc3cccc(F)c3C)cc(N3CCCCC3C)n2)cc1. The molecule has 1 unspecified atom stereocenters. The molecule has 2 heterocycles. The van der Waals surface area contributed by atoms with Crippen LogP contribution >= 0.6 is 0 Å². The lowest BCUT2D eigenvalue weighted by atomic mass is 10.0. The highest BCUT2D eigenvalue weighted by atomic mass is 19.1. The Morgan fingerprint density at radius 3 is 2.61 bits per heavy atom. The smallest absolute Gasteiger partial charge is 0.231 e. The number of benzene rings is 2. The highest BCUT2D eigenvalue weighted by Gasteiger charge is 2.21. The minimum Gasteiger partial charge on any atom is -0.497 e. The Hall–Kier alpha value is -3.35. The Labute approximate surface area is 182 Å². The first-order valence-corrected chi connectivity index (χ1v) is 10.6. The van der Waals surface area contributed by atoms with Crippen LogP contribution in [-0.4, -0.2) is 29.7 Å². The number of nitrogens with one attached hydrogen (secondary N) is 2. The highest BCUT2D eigenvalue weighted by Crippen LogP contribution is 2.29. The molecule has 0 amide bonds. The van der Waals surface area contributed by atoms with Crippen molar-refractivity contribution in [2.24, 2.45) is 0 Å². The first-order chi connectivity index (χ1) is 15.0. The Morgan fingerprint density at radius 1 is 1.06 bits per heavy atom. The van der Waals surface area contributed by atoms with Crippen LogP contribution in [0.3, 0.4) is 0 Å². The van der Waals surface area contributed by atoms with Crippen LogP contribution in [-0.2, 0) is 0 Å². The summed E-state index contributed by atoms with van der Waals surface area (Å²) in [4.78, 5) is 11.7. The van der Waals surface area contributed by atoms with Crippen molar-refractivity contribution in [1.82, 2.24) is 9.97 Å². The third-order valence-electron chi connectivity index (χ3n) is 5.69. The summed E-state index contributed by atoms with van der Waals surface area (Å²) in [6.07, 6.45) is 3.51. The van der Waals surface area contributed by atoms with Gasteiger partial charge in [0.15, 0.2) is 0 Å².